The molecule has 2 aromatic rings. The number of rotatable bonds is 9. The summed E-state index contributed by atoms with van der Waals surface area (Å²) >= 11 is 6.06. The highest BCUT2D eigenvalue weighted by atomic mass is 35.5. The molecular weight excluding hydrogens is 438 g/mol. The number of anilines is 3. The van der Waals surface area contributed by atoms with Crippen LogP contribution in [0, 0.1) is 11.3 Å². The van der Waals surface area contributed by atoms with Crippen LogP contribution >= 0.6 is 11.6 Å². The minimum Gasteiger partial charge on any atom is -0.371 e. The van der Waals surface area contributed by atoms with Crippen molar-refractivity contribution in [2.45, 2.75) is 31.8 Å². The van der Waals surface area contributed by atoms with Crippen LogP contribution in [0.2, 0.25) is 5.02 Å². The molecule has 0 radical (unpaired) electrons. The standard InChI is InChI=1S/C25H30ClN5O2/c1-18(28-15-25(33)31-12-6-7-21(31)14-27)16-29(2)23-8-4-5-9-24(23)30(3)22-11-10-20(26)13-19(22)17-32/h4-5,8-11,13,17-18,21,28H,6-7,12,15-16H2,1-3H3. The molecule has 8 heteroatoms. The van der Waals surface area contributed by atoms with Gasteiger partial charge in [0.1, 0.15) is 6.04 Å². The van der Waals surface area contributed by atoms with E-state index in [1.165, 1.54) is 0 Å². The Morgan fingerprint density at radius 1 is 1.27 bits per heavy atom. The molecule has 0 saturated carbocycles. The average Bonchev–Trinajstić information content (AvgIpc) is 3.31. The van der Waals surface area contributed by atoms with Gasteiger partial charge in [0.2, 0.25) is 5.91 Å². The zero-order valence-electron chi connectivity index (χ0n) is 19.3. The lowest BCUT2D eigenvalue weighted by Gasteiger charge is -2.30. The number of carbonyl (C=O) groups excluding carboxylic acids is 2. The summed E-state index contributed by atoms with van der Waals surface area (Å²) in [5.41, 5.74) is 3.23. The highest BCUT2D eigenvalue weighted by Gasteiger charge is 2.28. The fraction of sp³-hybridized carbons (Fsp3) is 0.400. The molecule has 7 nitrogen and oxygen atoms in total. The SMILES string of the molecule is CC(CN(C)c1ccccc1N(C)c1ccc(Cl)cc1C=O)NCC(=O)N1CCCC1C#N. The normalized spacial score (nSPS) is 16.2. The molecule has 3 rings (SSSR count). The number of halogens is 1. The Labute approximate surface area is 200 Å². The summed E-state index contributed by atoms with van der Waals surface area (Å²) in [4.78, 5) is 29.9. The number of hydrogen-bond donors (Lipinski definition) is 1. The van der Waals surface area contributed by atoms with E-state index in [1.807, 2.05) is 56.3 Å². The Balaban J connectivity index is 1.67. The predicted molar refractivity (Wildman–Crippen MR) is 132 cm³/mol. The van der Waals surface area contributed by atoms with Crippen LogP contribution in [-0.4, -0.2) is 62.9 Å². The number of likely N-dealkylation sites (tertiary alicyclic amines) is 1. The fourth-order valence-corrected chi connectivity index (χ4v) is 4.44. The molecule has 174 valence electrons. The van der Waals surface area contributed by atoms with E-state index in [2.05, 4.69) is 16.3 Å². The molecule has 2 unspecified atom stereocenters. The van der Waals surface area contributed by atoms with Crippen molar-refractivity contribution in [3.8, 4) is 6.07 Å². The van der Waals surface area contributed by atoms with Crippen LogP contribution in [0.15, 0.2) is 42.5 Å². The van der Waals surface area contributed by atoms with E-state index in [-0.39, 0.29) is 24.5 Å². The first-order valence-corrected chi connectivity index (χ1v) is 11.4. The van der Waals surface area contributed by atoms with Crippen LogP contribution in [0.1, 0.15) is 30.1 Å². The second-order valence-corrected chi connectivity index (χ2v) is 8.84. The van der Waals surface area contributed by atoms with Gasteiger partial charge in [-0.3, -0.25) is 9.59 Å². The molecule has 1 N–H and O–H groups in total. The highest BCUT2D eigenvalue weighted by molar-refractivity contribution is 6.31. The summed E-state index contributed by atoms with van der Waals surface area (Å²) in [5.74, 6) is -0.0298. The Bertz CT molecular complexity index is 1040. The lowest BCUT2D eigenvalue weighted by molar-refractivity contribution is -0.130. The summed E-state index contributed by atoms with van der Waals surface area (Å²) in [6, 6.07) is 15.2. The second kappa shape index (κ2) is 11.2. The molecule has 33 heavy (non-hydrogen) atoms. The van der Waals surface area contributed by atoms with Crippen LogP contribution in [0.25, 0.3) is 0 Å². The molecule has 1 heterocycles. The number of amides is 1. The molecule has 1 amide bonds. The van der Waals surface area contributed by atoms with E-state index in [9.17, 15) is 14.9 Å². The maximum absolute atomic E-state index is 12.5. The minimum absolute atomic E-state index is 0.0298. The monoisotopic (exact) mass is 467 g/mol. The molecule has 1 saturated heterocycles. The first-order chi connectivity index (χ1) is 15.8. The number of nitrogens with zero attached hydrogens (tertiary/aromatic N) is 4. The van der Waals surface area contributed by atoms with Gasteiger partial charge >= 0.3 is 0 Å². The Hall–Kier alpha value is -3.08. The van der Waals surface area contributed by atoms with Crippen LogP contribution < -0.4 is 15.1 Å². The van der Waals surface area contributed by atoms with Crippen LogP contribution in [0.5, 0.6) is 0 Å². The van der Waals surface area contributed by atoms with Gasteiger partial charge in [-0.25, -0.2) is 0 Å². The average molecular weight is 468 g/mol. The predicted octanol–water partition coefficient (Wildman–Crippen LogP) is 3.85. The summed E-state index contributed by atoms with van der Waals surface area (Å²) < 4.78 is 0. The largest absolute Gasteiger partial charge is 0.371 e. The van der Waals surface area contributed by atoms with Gasteiger partial charge in [0, 0.05) is 43.8 Å². The number of hydrogen-bond acceptors (Lipinski definition) is 6. The van der Waals surface area contributed by atoms with Gasteiger partial charge in [-0.2, -0.15) is 5.26 Å². The van der Waals surface area contributed by atoms with Gasteiger partial charge in [0.15, 0.2) is 6.29 Å². The lowest BCUT2D eigenvalue weighted by atomic mass is 10.1. The summed E-state index contributed by atoms with van der Waals surface area (Å²) in [5, 5.41) is 13.0. The van der Waals surface area contributed by atoms with E-state index in [0.717, 1.165) is 36.2 Å². The van der Waals surface area contributed by atoms with Crippen LogP contribution in [0.4, 0.5) is 17.1 Å². The topological polar surface area (TPSA) is 79.7 Å². The van der Waals surface area contributed by atoms with E-state index in [0.29, 0.717) is 23.7 Å². The first kappa shape index (κ1) is 24.6. The second-order valence-electron chi connectivity index (χ2n) is 8.41. The van der Waals surface area contributed by atoms with Crippen molar-refractivity contribution in [1.82, 2.24) is 10.2 Å². The highest BCUT2D eigenvalue weighted by Crippen LogP contribution is 2.34. The van der Waals surface area contributed by atoms with E-state index < -0.39 is 0 Å². The van der Waals surface area contributed by atoms with Crippen LogP contribution in [-0.2, 0) is 4.79 Å². The molecule has 0 aliphatic carbocycles. The lowest BCUT2D eigenvalue weighted by Crippen LogP contribution is -2.45. The third-order valence-corrected chi connectivity index (χ3v) is 6.24. The van der Waals surface area contributed by atoms with Crippen molar-refractivity contribution < 1.29 is 9.59 Å². The van der Waals surface area contributed by atoms with Gasteiger partial charge in [-0.15, -0.1) is 0 Å². The Morgan fingerprint density at radius 3 is 2.70 bits per heavy atom. The maximum atomic E-state index is 12.5. The zero-order chi connectivity index (χ0) is 24.0. The summed E-state index contributed by atoms with van der Waals surface area (Å²) in [6.45, 7) is 3.56. The Kier molecular flexibility index (Phi) is 8.32. The molecule has 0 bridgehead atoms. The van der Waals surface area contributed by atoms with Gasteiger partial charge in [0.25, 0.3) is 0 Å². The van der Waals surface area contributed by atoms with Gasteiger partial charge in [-0.05, 0) is 50.1 Å². The molecule has 0 spiro atoms. The van der Waals surface area contributed by atoms with E-state index in [4.69, 9.17) is 11.6 Å². The van der Waals surface area contributed by atoms with Crippen molar-refractivity contribution in [1.29, 1.82) is 5.26 Å². The molecular formula is C25H30ClN5O2. The van der Waals surface area contributed by atoms with Gasteiger partial charge in [0.05, 0.1) is 29.7 Å². The van der Waals surface area contributed by atoms with Crippen molar-refractivity contribution in [3.63, 3.8) is 0 Å². The molecule has 1 aliphatic rings. The zero-order valence-corrected chi connectivity index (χ0v) is 20.0. The number of nitriles is 1. The van der Waals surface area contributed by atoms with Crippen molar-refractivity contribution >= 4 is 40.9 Å². The van der Waals surface area contributed by atoms with E-state index >= 15 is 0 Å². The van der Waals surface area contributed by atoms with E-state index in [1.54, 1.807) is 17.0 Å². The van der Waals surface area contributed by atoms with Gasteiger partial charge in [-0.1, -0.05) is 23.7 Å². The number of aldehydes is 1. The summed E-state index contributed by atoms with van der Waals surface area (Å²) in [6.07, 6.45) is 2.44. The molecule has 2 atom stereocenters. The quantitative estimate of drug-likeness (QED) is 0.564. The Morgan fingerprint density at radius 2 is 2.00 bits per heavy atom. The van der Waals surface area contributed by atoms with Crippen LogP contribution in [0.3, 0.4) is 0 Å². The number of benzene rings is 2. The maximum Gasteiger partial charge on any atom is 0.237 e. The third kappa shape index (κ3) is 5.84. The third-order valence-electron chi connectivity index (χ3n) is 6.00. The molecule has 2 aromatic carbocycles. The van der Waals surface area contributed by atoms with Crippen molar-refractivity contribution in [2.24, 2.45) is 0 Å². The smallest absolute Gasteiger partial charge is 0.237 e. The van der Waals surface area contributed by atoms with Crippen molar-refractivity contribution in [3.05, 3.63) is 53.1 Å². The fourth-order valence-electron chi connectivity index (χ4n) is 4.26. The number of likely N-dealkylation sites (N-methyl/N-ethyl adjacent to an activating group) is 1. The molecule has 1 aliphatic heterocycles. The number of carbonyl (C=O) groups is 2. The van der Waals surface area contributed by atoms with Gasteiger partial charge < -0.3 is 20.0 Å². The molecule has 0 aromatic heterocycles. The summed E-state index contributed by atoms with van der Waals surface area (Å²) in [7, 11) is 3.92. The van der Waals surface area contributed by atoms with Crippen molar-refractivity contribution in [2.75, 3.05) is 43.5 Å². The number of para-hydroxylation sites is 2. The first-order valence-electron chi connectivity index (χ1n) is 11.1. The molecule has 1 fully saturated rings. The minimum atomic E-state index is -0.302. The number of nitrogens with one attached hydrogen (secondary N) is 1.